The Kier molecular flexibility index (Phi) is 2.88. The monoisotopic (exact) mass is 199 g/mol. The molecular weight excluding hydrogens is 190 g/mol. The fourth-order valence-electron chi connectivity index (χ4n) is 1.23. The van der Waals surface area contributed by atoms with E-state index in [-0.39, 0.29) is 17.8 Å². The number of amides is 1. The lowest BCUT2D eigenvalue weighted by molar-refractivity contribution is -0.116. The molecule has 4 heteroatoms. The summed E-state index contributed by atoms with van der Waals surface area (Å²) >= 11 is 5.83. The normalized spacial score (nSPS) is 17.4. The molecule has 0 saturated carbocycles. The van der Waals surface area contributed by atoms with Crippen molar-refractivity contribution in [2.24, 2.45) is 5.73 Å². The molecular formula is C9H10ClNO2. The van der Waals surface area contributed by atoms with E-state index in [1.165, 1.54) is 6.08 Å². The van der Waals surface area contributed by atoms with Crippen LogP contribution in [0, 0.1) is 0 Å². The minimum absolute atomic E-state index is 0.201. The molecule has 0 unspecified atom stereocenters. The number of carbonyl (C=O) groups is 2. The average molecular weight is 200 g/mol. The highest BCUT2D eigenvalue weighted by Gasteiger charge is 2.20. The summed E-state index contributed by atoms with van der Waals surface area (Å²) in [4.78, 5) is 22.1. The topological polar surface area (TPSA) is 60.2 Å². The minimum atomic E-state index is -0.582. The van der Waals surface area contributed by atoms with Crippen LogP contribution in [0.25, 0.3) is 0 Å². The molecule has 0 aromatic rings. The summed E-state index contributed by atoms with van der Waals surface area (Å²) in [5.41, 5.74) is 5.90. The van der Waals surface area contributed by atoms with E-state index >= 15 is 0 Å². The lowest BCUT2D eigenvalue weighted by Gasteiger charge is -2.12. The Morgan fingerprint density at radius 3 is 2.69 bits per heavy atom. The van der Waals surface area contributed by atoms with E-state index in [1.807, 2.05) is 6.92 Å². The fourth-order valence-corrected chi connectivity index (χ4v) is 1.60. The van der Waals surface area contributed by atoms with Crippen molar-refractivity contribution in [3.05, 3.63) is 22.3 Å². The van der Waals surface area contributed by atoms with Crippen LogP contribution in [0.2, 0.25) is 0 Å². The quantitative estimate of drug-likeness (QED) is 0.728. The highest BCUT2D eigenvalue weighted by Crippen LogP contribution is 2.26. The second-order valence-electron chi connectivity index (χ2n) is 2.81. The van der Waals surface area contributed by atoms with Gasteiger partial charge in [0.15, 0.2) is 5.78 Å². The van der Waals surface area contributed by atoms with Crippen LogP contribution in [-0.4, -0.2) is 11.7 Å². The highest BCUT2D eigenvalue weighted by molar-refractivity contribution is 6.34. The van der Waals surface area contributed by atoms with Crippen LogP contribution in [0.3, 0.4) is 0 Å². The number of nitrogens with two attached hydrogens (primary N) is 1. The van der Waals surface area contributed by atoms with Gasteiger partial charge in [0, 0.05) is 22.6 Å². The summed E-state index contributed by atoms with van der Waals surface area (Å²) in [6.45, 7) is 1.85. The second-order valence-corrected chi connectivity index (χ2v) is 3.27. The van der Waals surface area contributed by atoms with Crippen molar-refractivity contribution in [1.29, 1.82) is 0 Å². The summed E-state index contributed by atoms with van der Waals surface area (Å²) in [6.07, 6.45) is 2.14. The number of primary amides is 1. The Bertz CT molecular complexity index is 329. The number of halogens is 1. The molecule has 0 fully saturated rings. The van der Waals surface area contributed by atoms with Gasteiger partial charge in [0.05, 0.1) is 0 Å². The number of hydrogen-bond donors (Lipinski definition) is 1. The fraction of sp³-hybridized carbons (Fsp3) is 0.333. The number of ketones is 1. The Morgan fingerprint density at radius 2 is 2.31 bits per heavy atom. The number of allylic oxidation sites excluding steroid dienone is 3. The van der Waals surface area contributed by atoms with Gasteiger partial charge in [-0.2, -0.15) is 0 Å². The first-order valence-electron chi connectivity index (χ1n) is 3.98. The van der Waals surface area contributed by atoms with Crippen molar-refractivity contribution in [3.8, 4) is 0 Å². The molecule has 70 valence electrons. The van der Waals surface area contributed by atoms with Crippen LogP contribution < -0.4 is 5.73 Å². The third-order valence-corrected chi connectivity index (χ3v) is 2.31. The van der Waals surface area contributed by atoms with Crippen molar-refractivity contribution < 1.29 is 9.59 Å². The van der Waals surface area contributed by atoms with Crippen LogP contribution in [0.1, 0.15) is 19.8 Å². The minimum Gasteiger partial charge on any atom is -0.366 e. The SMILES string of the molecule is CCC1=C(Cl)CC(C(N)=O)=CC1=O. The molecule has 0 bridgehead atoms. The molecule has 1 rings (SSSR count). The van der Waals surface area contributed by atoms with Crippen molar-refractivity contribution in [2.45, 2.75) is 19.8 Å². The van der Waals surface area contributed by atoms with Gasteiger partial charge in [-0.05, 0) is 12.5 Å². The molecule has 0 heterocycles. The predicted molar refractivity (Wildman–Crippen MR) is 50.1 cm³/mol. The van der Waals surface area contributed by atoms with Gasteiger partial charge >= 0.3 is 0 Å². The van der Waals surface area contributed by atoms with E-state index in [1.54, 1.807) is 0 Å². The van der Waals surface area contributed by atoms with Gasteiger partial charge in [0.1, 0.15) is 0 Å². The van der Waals surface area contributed by atoms with Gasteiger partial charge in [-0.3, -0.25) is 9.59 Å². The second kappa shape index (κ2) is 3.75. The van der Waals surface area contributed by atoms with E-state index < -0.39 is 5.91 Å². The van der Waals surface area contributed by atoms with Gasteiger partial charge in [0.2, 0.25) is 5.91 Å². The van der Waals surface area contributed by atoms with E-state index in [2.05, 4.69) is 0 Å². The van der Waals surface area contributed by atoms with Crippen LogP contribution in [0.15, 0.2) is 22.3 Å². The molecule has 0 aromatic heterocycles. The van der Waals surface area contributed by atoms with Crippen molar-refractivity contribution in [3.63, 3.8) is 0 Å². The molecule has 2 N–H and O–H groups in total. The third-order valence-electron chi connectivity index (χ3n) is 1.95. The van der Waals surface area contributed by atoms with Gasteiger partial charge in [-0.25, -0.2) is 0 Å². The van der Waals surface area contributed by atoms with Gasteiger partial charge < -0.3 is 5.73 Å². The number of carbonyl (C=O) groups excluding carboxylic acids is 2. The molecule has 0 saturated heterocycles. The Balaban J connectivity index is 2.98. The van der Waals surface area contributed by atoms with Crippen LogP contribution >= 0.6 is 11.6 Å². The molecule has 0 atom stereocenters. The summed E-state index contributed by atoms with van der Waals surface area (Å²) < 4.78 is 0. The molecule has 0 aromatic carbocycles. The van der Waals surface area contributed by atoms with E-state index in [9.17, 15) is 9.59 Å². The summed E-state index contributed by atoms with van der Waals surface area (Å²) in [5, 5.41) is 0.434. The zero-order valence-corrected chi connectivity index (χ0v) is 8.02. The predicted octanol–water partition coefficient (Wildman–Crippen LogP) is 1.27. The van der Waals surface area contributed by atoms with Crippen LogP contribution in [-0.2, 0) is 9.59 Å². The molecule has 1 amide bonds. The highest BCUT2D eigenvalue weighted by atomic mass is 35.5. The first kappa shape index (κ1) is 9.99. The number of hydrogen-bond acceptors (Lipinski definition) is 2. The molecule has 0 spiro atoms. The van der Waals surface area contributed by atoms with Gasteiger partial charge in [-0.1, -0.05) is 18.5 Å². The van der Waals surface area contributed by atoms with Crippen LogP contribution in [0.4, 0.5) is 0 Å². The van der Waals surface area contributed by atoms with E-state index in [4.69, 9.17) is 17.3 Å². The Hall–Kier alpha value is -1.09. The summed E-state index contributed by atoms with van der Waals surface area (Å²) in [6, 6.07) is 0. The lowest BCUT2D eigenvalue weighted by Crippen LogP contribution is -2.19. The molecule has 3 nitrogen and oxygen atoms in total. The maximum Gasteiger partial charge on any atom is 0.245 e. The van der Waals surface area contributed by atoms with Gasteiger partial charge in [-0.15, -0.1) is 0 Å². The Morgan fingerprint density at radius 1 is 1.69 bits per heavy atom. The lowest BCUT2D eigenvalue weighted by atomic mass is 9.96. The van der Waals surface area contributed by atoms with E-state index in [0.29, 0.717) is 17.0 Å². The van der Waals surface area contributed by atoms with Crippen molar-refractivity contribution in [2.75, 3.05) is 0 Å². The first-order valence-corrected chi connectivity index (χ1v) is 4.36. The Labute approximate surface area is 81.2 Å². The average Bonchev–Trinajstić information content (AvgIpc) is 2.03. The summed E-state index contributed by atoms with van der Waals surface area (Å²) in [7, 11) is 0. The van der Waals surface area contributed by atoms with Crippen molar-refractivity contribution >= 4 is 23.3 Å². The largest absolute Gasteiger partial charge is 0.366 e. The molecule has 1 aliphatic carbocycles. The summed E-state index contributed by atoms with van der Waals surface area (Å²) in [5.74, 6) is -0.783. The zero-order chi connectivity index (χ0) is 10.0. The smallest absolute Gasteiger partial charge is 0.245 e. The molecule has 13 heavy (non-hydrogen) atoms. The zero-order valence-electron chi connectivity index (χ0n) is 7.26. The third kappa shape index (κ3) is 1.98. The maximum atomic E-state index is 11.3. The molecule has 1 aliphatic rings. The first-order chi connectivity index (χ1) is 6.06. The molecule has 0 radical (unpaired) electrons. The molecule has 0 aliphatic heterocycles. The standard InChI is InChI=1S/C9H10ClNO2/c1-2-6-7(10)3-5(9(11)13)4-8(6)12/h4H,2-3H2,1H3,(H2,11,13). The van der Waals surface area contributed by atoms with Gasteiger partial charge in [0.25, 0.3) is 0 Å². The van der Waals surface area contributed by atoms with E-state index in [0.717, 1.165) is 0 Å². The van der Waals surface area contributed by atoms with Crippen molar-refractivity contribution in [1.82, 2.24) is 0 Å². The maximum absolute atomic E-state index is 11.3. The van der Waals surface area contributed by atoms with Crippen LogP contribution in [0.5, 0.6) is 0 Å². The number of rotatable bonds is 2.